The molecular formula is C16H22N2O3. The molecular weight excluding hydrogens is 268 g/mol. The van der Waals surface area contributed by atoms with E-state index in [1.807, 2.05) is 6.07 Å². The molecule has 0 aromatic heterocycles. The lowest BCUT2D eigenvalue weighted by atomic mass is 10.1. The van der Waals surface area contributed by atoms with Crippen LogP contribution >= 0.6 is 0 Å². The van der Waals surface area contributed by atoms with Crippen molar-refractivity contribution < 1.29 is 14.3 Å². The first kappa shape index (κ1) is 15.5. The summed E-state index contributed by atoms with van der Waals surface area (Å²) in [6.07, 6.45) is 0. The minimum Gasteiger partial charge on any atom is -0.379 e. The smallest absolute Gasteiger partial charge is 0.254 e. The van der Waals surface area contributed by atoms with Crippen molar-refractivity contribution in [3.8, 4) is 0 Å². The monoisotopic (exact) mass is 290 g/mol. The molecule has 0 bridgehead atoms. The molecule has 1 aliphatic heterocycles. The Morgan fingerprint density at radius 2 is 2.00 bits per heavy atom. The molecule has 1 aliphatic rings. The lowest BCUT2D eigenvalue weighted by Crippen LogP contribution is -2.45. The highest BCUT2D eigenvalue weighted by Gasteiger charge is 2.30. The number of hydrogen-bond acceptors (Lipinski definition) is 3. The number of nitrogens with one attached hydrogen (secondary N) is 1. The number of rotatable bonds is 5. The zero-order valence-electron chi connectivity index (χ0n) is 12.8. The molecule has 1 unspecified atom stereocenters. The van der Waals surface area contributed by atoms with E-state index in [1.165, 1.54) is 0 Å². The fraction of sp³-hybridized carbons (Fsp3) is 0.500. The van der Waals surface area contributed by atoms with E-state index in [0.29, 0.717) is 36.9 Å². The molecule has 1 heterocycles. The summed E-state index contributed by atoms with van der Waals surface area (Å²) < 4.78 is 5.56. The Balaban J connectivity index is 2.18. The van der Waals surface area contributed by atoms with Crippen molar-refractivity contribution in [1.29, 1.82) is 0 Å². The number of hydrogen-bond donors (Lipinski definition) is 1. The van der Waals surface area contributed by atoms with Gasteiger partial charge in [0.15, 0.2) is 0 Å². The van der Waals surface area contributed by atoms with Crippen LogP contribution in [0.4, 0.5) is 5.69 Å². The fourth-order valence-corrected chi connectivity index (χ4v) is 2.30. The van der Waals surface area contributed by atoms with Crippen LogP contribution in [-0.4, -0.2) is 37.6 Å². The van der Waals surface area contributed by atoms with Crippen LogP contribution < -0.4 is 10.2 Å². The van der Waals surface area contributed by atoms with E-state index in [-0.39, 0.29) is 11.8 Å². The zero-order chi connectivity index (χ0) is 15.4. The second-order valence-corrected chi connectivity index (χ2v) is 5.67. The molecule has 1 N–H and O–H groups in total. The number of nitrogens with zero attached hydrogens (tertiary/aromatic N) is 1. The molecule has 5 nitrogen and oxygen atoms in total. The molecule has 2 amide bonds. The number of carbonyl (C=O) groups is 2. The lowest BCUT2D eigenvalue weighted by Gasteiger charge is -2.24. The number of anilines is 1. The highest BCUT2D eigenvalue weighted by Crippen LogP contribution is 2.23. The van der Waals surface area contributed by atoms with E-state index in [0.717, 1.165) is 0 Å². The maximum atomic E-state index is 12.4. The summed E-state index contributed by atoms with van der Waals surface area (Å²) >= 11 is 0. The predicted molar refractivity (Wildman–Crippen MR) is 81.4 cm³/mol. The van der Waals surface area contributed by atoms with Gasteiger partial charge in [-0.15, -0.1) is 0 Å². The van der Waals surface area contributed by atoms with Crippen LogP contribution in [0, 0.1) is 5.92 Å². The molecule has 2 rings (SSSR count). The highest BCUT2D eigenvalue weighted by molar-refractivity contribution is 6.10. The van der Waals surface area contributed by atoms with Crippen molar-refractivity contribution in [1.82, 2.24) is 5.32 Å². The third-order valence-corrected chi connectivity index (χ3v) is 3.33. The van der Waals surface area contributed by atoms with Gasteiger partial charge >= 0.3 is 0 Å². The third kappa shape index (κ3) is 3.61. The Labute approximate surface area is 125 Å². The van der Waals surface area contributed by atoms with Crippen LogP contribution in [0.5, 0.6) is 0 Å². The summed E-state index contributed by atoms with van der Waals surface area (Å²) in [7, 11) is 0. The first-order chi connectivity index (χ1) is 10.0. The third-order valence-electron chi connectivity index (χ3n) is 3.33. The number of para-hydroxylation sites is 1. The number of carbonyl (C=O) groups excluding carboxylic acids is 2. The normalized spacial score (nSPS) is 18.5. The molecule has 114 valence electrons. The van der Waals surface area contributed by atoms with E-state index in [2.05, 4.69) is 19.2 Å². The van der Waals surface area contributed by atoms with Crippen LogP contribution in [0.15, 0.2) is 24.3 Å². The average molecular weight is 290 g/mol. The minimum atomic E-state index is -0.532. The summed E-state index contributed by atoms with van der Waals surface area (Å²) in [5.74, 6) is 0.137. The van der Waals surface area contributed by atoms with Gasteiger partial charge in [0.1, 0.15) is 6.04 Å². The van der Waals surface area contributed by atoms with E-state index in [1.54, 1.807) is 30.0 Å². The Morgan fingerprint density at radius 3 is 2.71 bits per heavy atom. The first-order valence-electron chi connectivity index (χ1n) is 7.29. The van der Waals surface area contributed by atoms with E-state index in [9.17, 15) is 9.59 Å². The van der Waals surface area contributed by atoms with Crippen LogP contribution in [0.1, 0.15) is 31.1 Å². The maximum Gasteiger partial charge on any atom is 0.254 e. The topological polar surface area (TPSA) is 58.6 Å². The minimum absolute atomic E-state index is 0.110. The Kier molecular flexibility index (Phi) is 4.96. The fourth-order valence-electron chi connectivity index (χ4n) is 2.30. The van der Waals surface area contributed by atoms with Gasteiger partial charge in [0.2, 0.25) is 5.91 Å². The molecule has 0 saturated heterocycles. The average Bonchev–Trinajstić information content (AvgIpc) is 2.54. The van der Waals surface area contributed by atoms with Gasteiger partial charge in [0, 0.05) is 13.2 Å². The van der Waals surface area contributed by atoms with Crippen molar-refractivity contribution in [3.05, 3.63) is 29.8 Å². The summed E-state index contributed by atoms with van der Waals surface area (Å²) in [6.45, 7) is 7.43. The van der Waals surface area contributed by atoms with Gasteiger partial charge in [-0.25, -0.2) is 0 Å². The van der Waals surface area contributed by atoms with E-state index < -0.39 is 6.04 Å². The summed E-state index contributed by atoms with van der Waals surface area (Å²) in [5.41, 5.74) is 1.18. The first-order valence-corrected chi connectivity index (χ1v) is 7.29. The molecule has 0 fully saturated rings. The van der Waals surface area contributed by atoms with Gasteiger partial charge < -0.3 is 15.0 Å². The van der Waals surface area contributed by atoms with Crippen LogP contribution in [-0.2, 0) is 9.53 Å². The zero-order valence-corrected chi connectivity index (χ0v) is 12.8. The Bertz CT molecular complexity index is 528. The molecule has 1 atom stereocenters. The molecule has 0 spiro atoms. The molecule has 0 radical (unpaired) electrons. The Hall–Kier alpha value is -1.88. The maximum absolute atomic E-state index is 12.4. The van der Waals surface area contributed by atoms with Crippen molar-refractivity contribution in [2.75, 3.05) is 24.7 Å². The second kappa shape index (κ2) is 6.72. The summed E-state index contributed by atoms with van der Waals surface area (Å²) in [6, 6.07) is 6.63. The second-order valence-electron chi connectivity index (χ2n) is 5.67. The molecule has 5 heteroatoms. The SMILES string of the molecule is CC(C)COCCN1C(=O)C(C)NC(=O)c2ccccc21. The summed E-state index contributed by atoms with van der Waals surface area (Å²) in [4.78, 5) is 26.2. The largest absolute Gasteiger partial charge is 0.379 e. The number of amides is 2. The van der Waals surface area contributed by atoms with Crippen LogP contribution in [0.25, 0.3) is 0 Å². The molecule has 1 aromatic carbocycles. The van der Waals surface area contributed by atoms with E-state index in [4.69, 9.17) is 4.74 Å². The molecule has 21 heavy (non-hydrogen) atoms. The van der Waals surface area contributed by atoms with Gasteiger partial charge in [-0.2, -0.15) is 0 Å². The number of ether oxygens (including phenoxy) is 1. The predicted octanol–water partition coefficient (Wildman–Crippen LogP) is 1.82. The van der Waals surface area contributed by atoms with Crippen LogP contribution in [0.2, 0.25) is 0 Å². The van der Waals surface area contributed by atoms with Crippen molar-refractivity contribution in [2.24, 2.45) is 5.92 Å². The Morgan fingerprint density at radius 1 is 1.29 bits per heavy atom. The van der Waals surface area contributed by atoms with Crippen LogP contribution in [0.3, 0.4) is 0 Å². The number of benzene rings is 1. The molecule has 1 aromatic rings. The number of fused-ring (bicyclic) bond motifs is 1. The standard InChI is InChI=1S/C16H22N2O3/c1-11(2)10-21-9-8-18-14-7-5-4-6-13(14)15(19)17-12(3)16(18)20/h4-7,11-12H,8-10H2,1-3H3,(H,17,19). The molecule has 0 saturated carbocycles. The van der Waals surface area contributed by atoms with Gasteiger partial charge in [0.25, 0.3) is 5.91 Å². The van der Waals surface area contributed by atoms with Gasteiger partial charge in [-0.3, -0.25) is 9.59 Å². The van der Waals surface area contributed by atoms with Gasteiger partial charge in [-0.1, -0.05) is 26.0 Å². The van der Waals surface area contributed by atoms with E-state index >= 15 is 0 Å². The van der Waals surface area contributed by atoms with Crippen molar-refractivity contribution >= 4 is 17.5 Å². The molecule has 0 aliphatic carbocycles. The highest BCUT2D eigenvalue weighted by atomic mass is 16.5. The lowest BCUT2D eigenvalue weighted by molar-refractivity contribution is -0.120. The quantitative estimate of drug-likeness (QED) is 0.842. The van der Waals surface area contributed by atoms with Crippen molar-refractivity contribution in [3.63, 3.8) is 0 Å². The summed E-state index contributed by atoms with van der Waals surface area (Å²) in [5, 5.41) is 2.72. The van der Waals surface area contributed by atoms with Gasteiger partial charge in [0.05, 0.1) is 17.9 Å². The van der Waals surface area contributed by atoms with Crippen molar-refractivity contribution in [2.45, 2.75) is 26.8 Å². The van der Waals surface area contributed by atoms with Gasteiger partial charge in [-0.05, 0) is 25.0 Å².